The van der Waals surface area contributed by atoms with E-state index in [1.807, 2.05) is 23.1 Å². The van der Waals surface area contributed by atoms with E-state index in [0.717, 1.165) is 16.4 Å². The van der Waals surface area contributed by atoms with Gasteiger partial charge in [0.15, 0.2) is 10.3 Å². The minimum atomic E-state index is -0.256. The summed E-state index contributed by atoms with van der Waals surface area (Å²) in [5, 5.41) is 6.00. The van der Waals surface area contributed by atoms with Gasteiger partial charge in [-0.25, -0.2) is 14.4 Å². The fourth-order valence-electron chi connectivity index (χ4n) is 2.04. The largest absolute Gasteiger partial charge is 0.322 e. The molecule has 2 heterocycles. The van der Waals surface area contributed by atoms with Gasteiger partial charge in [-0.1, -0.05) is 23.9 Å². The predicted molar refractivity (Wildman–Crippen MR) is 93.9 cm³/mol. The summed E-state index contributed by atoms with van der Waals surface area (Å²) in [5.41, 5.74) is 1.86. The maximum absolute atomic E-state index is 13.0. The summed E-state index contributed by atoms with van der Waals surface area (Å²) >= 11 is 2.76. The van der Waals surface area contributed by atoms with Gasteiger partial charge in [0.05, 0.1) is 11.4 Å². The van der Waals surface area contributed by atoms with Gasteiger partial charge in [-0.2, -0.15) is 0 Å². The van der Waals surface area contributed by atoms with E-state index >= 15 is 0 Å². The number of thioether (sulfide) groups is 1. The Morgan fingerprint density at radius 2 is 2.17 bits per heavy atom. The lowest BCUT2D eigenvalue weighted by Gasteiger charge is -2.07. The van der Waals surface area contributed by atoms with Crippen LogP contribution in [0.1, 0.15) is 11.3 Å². The number of nitrogens with zero attached hydrogens (tertiary/aromatic N) is 3. The van der Waals surface area contributed by atoms with Crippen molar-refractivity contribution in [2.75, 3.05) is 11.1 Å². The van der Waals surface area contributed by atoms with Crippen molar-refractivity contribution in [2.45, 2.75) is 18.6 Å². The number of aryl methyl sites for hydroxylation is 1. The molecular formula is C16H15FN4OS2. The Hall–Kier alpha value is -2.19. The fourth-order valence-corrected chi connectivity index (χ4v) is 3.50. The zero-order valence-electron chi connectivity index (χ0n) is 12.9. The third kappa shape index (κ3) is 4.42. The van der Waals surface area contributed by atoms with E-state index in [-0.39, 0.29) is 17.5 Å². The quantitative estimate of drug-likeness (QED) is 0.681. The van der Waals surface area contributed by atoms with Gasteiger partial charge in [0.25, 0.3) is 0 Å². The predicted octanol–water partition coefficient (Wildman–Crippen LogP) is 3.57. The molecule has 0 saturated carbocycles. The minimum absolute atomic E-state index is 0.120. The van der Waals surface area contributed by atoms with Crippen molar-refractivity contribution >= 4 is 34.1 Å². The van der Waals surface area contributed by atoms with Gasteiger partial charge >= 0.3 is 0 Å². The lowest BCUT2D eigenvalue weighted by molar-refractivity contribution is -0.113. The average molecular weight is 362 g/mol. The van der Waals surface area contributed by atoms with Crippen LogP contribution in [-0.4, -0.2) is 26.2 Å². The highest BCUT2D eigenvalue weighted by molar-refractivity contribution is 7.99. The van der Waals surface area contributed by atoms with Gasteiger partial charge in [0.2, 0.25) is 5.91 Å². The molecular weight excluding hydrogens is 347 g/mol. The third-order valence-electron chi connectivity index (χ3n) is 3.14. The molecule has 0 radical (unpaired) electrons. The van der Waals surface area contributed by atoms with Crippen molar-refractivity contribution in [2.24, 2.45) is 0 Å². The number of anilines is 1. The van der Waals surface area contributed by atoms with Gasteiger partial charge in [0, 0.05) is 24.3 Å². The number of nitrogens with one attached hydrogen (secondary N) is 1. The van der Waals surface area contributed by atoms with E-state index in [1.54, 1.807) is 18.3 Å². The Labute approximate surface area is 147 Å². The van der Waals surface area contributed by atoms with Crippen LogP contribution in [0.4, 0.5) is 9.52 Å². The van der Waals surface area contributed by atoms with E-state index < -0.39 is 0 Å². The van der Waals surface area contributed by atoms with Crippen molar-refractivity contribution in [3.05, 3.63) is 59.1 Å². The van der Waals surface area contributed by atoms with Gasteiger partial charge < -0.3 is 9.88 Å². The number of imidazole rings is 1. The molecule has 0 aliphatic carbocycles. The van der Waals surface area contributed by atoms with Crippen LogP contribution < -0.4 is 5.32 Å². The van der Waals surface area contributed by atoms with Gasteiger partial charge in [-0.3, -0.25) is 4.79 Å². The van der Waals surface area contributed by atoms with Crippen molar-refractivity contribution < 1.29 is 9.18 Å². The minimum Gasteiger partial charge on any atom is -0.322 e. The number of hydrogen-bond donors (Lipinski definition) is 1. The van der Waals surface area contributed by atoms with Crippen LogP contribution in [-0.2, 0) is 11.3 Å². The first-order valence-electron chi connectivity index (χ1n) is 7.20. The summed E-state index contributed by atoms with van der Waals surface area (Å²) in [6, 6.07) is 6.34. The highest BCUT2D eigenvalue weighted by Crippen LogP contribution is 2.19. The molecule has 0 atom stereocenters. The van der Waals surface area contributed by atoms with Crippen molar-refractivity contribution in [1.82, 2.24) is 14.5 Å². The topological polar surface area (TPSA) is 59.8 Å². The number of halogens is 1. The maximum Gasteiger partial charge on any atom is 0.236 e. The molecule has 1 N–H and O–H groups in total. The first-order valence-corrected chi connectivity index (χ1v) is 9.07. The van der Waals surface area contributed by atoms with Gasteiger partial charge in [0.1, 0.15) is 5.82 Å². The number of aromatic nitrogens is 3. The molecule has 0 fully saturated rings. The van der Waals surface area contributed by atoms with Crippen LogP contribution >= 0.6 is 23.1 Å². The first kappa shape index (κ1) is 16.7. The number of rotatable bonds is 6. The van der Waals surface area contributed by atoms with Gasteiger partial charge in [-0.05, 0) is 24.6 Å². The summed E-state index contributed by atoms with van der Waals surface area (Å²) in [6.45, 7) is 2.46. The fraction of sp³-hybridized carbons (Fsp3) is 0.188. The monoisotopic (exact) mass is 362 g/mol. The lowest BCUT2D eigenvalue weighted by atomic mass is 10.2. The normalized spacial score (nSPS) is 10.8. The molecule has 2 aromatic heterocycles. The van der Waals surface area contributed by atoms with Crippen LogP contribution in [0, 0.1) is 12.7 Å². The highest BCUT2D eigenvalue weighted by atomic mass is 32.2. The average Bonchev–Trinajstić information content (AvgIpc) is 3.16. The Balaban J connectivity index is 1.57. The second kappa shape index (κ2) is 7.59. The zero-order valence-corrected chi connectivity index (χ0v) is 14.5. The van der Waals surface area contributed by atoms with E-state index in [0.29, 0.717) is 11.7 Å². The molecule has 0 aliphatic heterocycles. The Bertz CT molecular complexity index is 829. The Kier molecular flexibility index (Phi) is 5.27. The number of hydrogen-bond acceptors (Lipinski definition) is 5. The molecule has 3 rings (SSSR count). The molecule has 0 spiro atoms. The molecule has 0 aliphatic rings. The maximum atomic E-state index is 13.0. The van der Waals surface area contributed by atoms with Crippen molar-refractivity contribution in [3.63, 3.8) is 0 Å². The molecule has 1 aromatic carbocycles. The molecule has 0 unspecified atom stereocenters. The van der Waals surface area contributed by atoms with Crippen LogP contribution in [0.3, 0.4) is 0 Å². The molecule has 1 amide bonds. The first-order chi connectivity index (χ1) is 11.6. The Morgan fingerprint density at radius 3 is 2.88 bits per heavy atom. The molecule has 5 nitrogen and oxygen atoms in total. The summed E-state index contributed by atoms with van der Waals surface area (Å²) in [7, 11) is 0. The number of thiazole rings is 1. The summed E-state index contributed by atoms with van der Waals surface area (Å²) in [6.07, 6.45) is 3.53. The summed E-state index contributed by atoms with van der Waals surface area (Å²) in [5.74, 6) is -0.127. The SMILES string of the molecule is Cc1csc(NC(=O)CSc2nccn2Cc2ccc(F)cc2)n1. The number of benzene rings is 1. The van der Waals surface area contributed by atoms with E-state index in [9.17, 15) is 9.18 Å². The van der Waals surface area contributed by atoms with Crippen LogP contribution in [0.15, 0.2) is 47.2 Å². The van der Waals surface area contributed by atoms with Crippen LogP contribution in [0.5, 0.6) is 0 Å². The highest BCUT2D eigenvalue weighted by Gasteiger charge is 2.10. The molecule has 0 saturated heterocycles. The lowest BCUT2D eigenvalue weighted by Crippen LogP contribution is -2.14. The van der Waals surface area contributed by atoms with Crippen molar-refractivity contribution in [1.29, 1.82) is 0 Å². The molecule has 0 bridgehead atoms. The van der Waals surface area contributed by atoms with Crippen LogP contribution in [0.25, 0.3) is 0 Å². The smallest absolute Gasteiger partial charge is 0.236 e. The third-order valence-corrected chi connectivity index (χ3v) is 5.02. The molecule has 124 valence electrons. The standard InChI is InChI=1S/C16H15FN4OS2/c1-11-9-23-15(19-11)20-14(22)10-24-16-18-6-7-21(16)8-12-2-4-13(17)5-3-12/h2-7,9H,8,10H2,1H3,(H,19,20,22). The van der Waals surface area contributed by atoms with E-state index in [1.165, 1.54) is 35.2 Å². The second-order valence-corrected chi connectivity index (χ2v) is 6.90. The molecule has 8 heteroatoms. The van der Waals surface area contributed by atoms with E-state index in [4.69, 9.17) is 0 Å². The zero-order chi connectivity index (χ0) is 16.9. The second-order valence-electron chi connectivity index (χ2n) is 5.10. The molecule has 3 aromatic rings. The summed E-state index contributed by atoms with van der Waals surface area (Å²) < 4.78 is 14.9. The molecule has 24 heavy (non-hydrogen) atoms. The van der Waals surface area contributed by atoms with E-state index in [2.05, 4.69) is 15.3 Å². The van der Waals surface area contributed by atoms with Crippen LogP contribution in [0.2, 0.25) is 0 Å². The summed E-state index contributed by atoms with van der Waals surface area (Å²) in [4.78, 5) is 20.5. The van der Waals surface area contributed by atoms with Gasteiger partial charge in [-0.15, -0.1) is 11.3 Å². The number of carbonyl (C=O) groups is 1. The number of carbonyl (C=O) groups excluding carboxylic acids is 1. The Morgan fingerprint density at radius 1 is 1.38 bits per heavy atom. The van der Waals surface area contributed by atoms with Crippen molar-refractivity contribution in [3.8, 4) is 0 Å². The number of amides is 1.